The lowest BCUT2D eigenvalue weighted by Gasteiger charge is -2.04. The van der Waals surface area contributed by atoms with Gasteiger partial charge in [-0.2, -0.15) is 0 Å². The molecule has 0 atom stereocenters. The molecule has 0 spiro atoms. The predicted molar refractivity (Wildman–Crippen MR) is 65.5 cm³/mol. The number of carboxylic acid groups (broad SMARTS) is 1. The zero-order valence-corrected chi connectivity index (χ0v) is 10.3. The van der Waals surface area contributed by atoms with Crippen LogP contribution in [0.3, 0.4) is 0 Å². The molecule has 0 bridgehead atoms. The van der Waals surface area contributed by atoms with Gasteiger partial charge in [0.15, 0.2) is 5.78 Å². The molecule has 0 aliphatic heterocycles. The molecule has 0 saturated carbocycles. The molecule has 1 aromatic carbocycles. The highest BCUT2D eigenvalue weighted by Crippen LogP contribution is 2.17. The minimum atomic E-state index is -0.911. The molecule has 0 radical (unpaired) electrons. The van der Waals surface area contributed by atoms with Gasteiger partial charge in [-0.25, -0.2) is 0 Å². The Morgan fingerprint density at radius 1 is 1.38 bits per heavy atom. The molecule has 0 aliphatic rings. The van der Waals surface area contributed by atoms with Gasteiger partial charge in [-0.05, 0) is 30.7 Å². The molecule has 1 N–H and O–H groups in total. The molecule has 0 aliphatic carbocycles. The minimum Gasteiger partial charge on any atom is -0.481 e. The van der Waals surface area contributed by atoms with E-state index in [4.69, 9.17) is 16.7 Å². The average Bonchev–Trinajstić information content (AvgIpc) is 2.16. The van der Waals surface area contributed by atoms with Crippen molar-refractivity contribution in [2.75, 3.05) is 11.5 Å². The van der Waals surface area contributed by atoms with E-state index in [2.05, 4.69) is 0 Å². The maximum absolute atomic E-state index is 11.7. The second kappa shape index (κ2) is 5.92. The van der Waals surface area contributed by atoms with Gasteiger partial charge in [0.2, 0.25) is 0 Å². The van der Waals surface area contributed by atoms with Gasteiger partial charge < -0.3 is 5.11 Å². The Kier molecular flexibility index (Phi) is 4.83. The maximum Gasteiger partial charge on any atom is 0.313 e. The van der Waals surface area contributed by atoms with Crippen LogP contribution in [0.1, 0.15) is 15.9 Å². The molecule has 0 saturated heterocycles. The molecule has 0 heterocycles. The van der Waals surface area contributed by atoms with E-state index in [1.807, 2.05) is 0 Å². The molecule has 0 unspecified atom stereocenters. The van der Waals surface area contributed by atoms with Crippen molar-refractivity contribution in [2.24, 2.45) is 0 Å². The second-order valence-corrected chi connectivity index (χ2v) is 4.69. The summed E-state index contributed by atoms with van der Waals surface area (Å²) in [4.78, 5) is 22.0. The Morgan fingerprint density at radius 2 is 2.06 bits per heavy atom. The number of hydrogen-bond acceptors (Lipinski definition) is 3. The third kappa shape index (κ3) is 3.87. The summed E-state index contributed by atoms with van der Waals surface area (Å²) in [6.07, 6.45) is 0. The summed E-state index contributed by atoms with van der Waals surface area (Å²) in [5.74, 6) is -0.862. The first-order valence-electron chi connectivity index (χ1n) is 4.59. The zero-order valence-electron chi connectivity index (χ0n) is 8.70. The summed E-state index contributed by atoms with van der Waals surface area (Å²) in [7, 11) is 0. The number of aryl methyl sites for hydroxylation is 1. The standard InChI is InChI=1S/C11H11ClO3S/c1-7-4-8(12)2-3-9(7)10(13)5-16-6-11(14)15/h2-4H,5-6H2,1H3,(H,14,15). The van der Waals surface area contributed by atoms with Gasteiger partial charge in [0, 0.05) is 10.6 Å². The quantitative estimate of drug-likeness (QED) is 0.825. The Morgan fingerprint density at radius 3 is 2.62 bits per heavy atom. The molecule has 1 rings (SSSR count). The van der Waals surface area contributed by atoms with Crippen molar-refractivity contribution in [3.05, 3.63) is 34.3 Å². The highest BCUT2D eigenvalue weighted by Gasteiger charge is 2.10. The topological polar surface area (TPSA) is 54.4 Å². The van der Waals surface area contributed by atoms with Crippen molar-refractivity contribution in [2.45, 2.75) is 6.92 Å². The van der Waals surface area contributed by atoms with E-state index >= 15 is 0 Å². The fourth-order valence-corrected chi connectivity index (χ4v) is 2.09. The third-order valence-electron chi connectivity index (χ3n) is 1.95. The monoisotopic (exact) mass is 258 g/mol. The lowest BCUT2D eigenvalue weighted by atomic mass is 10.1. The van der Waals surface area contributed by atoms with Crippen LogP contribution in [0.5, 0.6) is 0 Å². The molecule has 5 heteroatoms. The number of carbonyl (C=O) groups is 2. The number of carbonyl (C=O) groups excluding carboxylic acids is 1. The summed E-state index contributed by atoms with van der Waals surface area (Å²) in [5, 5.41) is 9.03. The van der Waals surface area contributed by atoms with Gasteiger partial charge in [0.1, 0.15) is 0 Å². The molecule has 0 aromatic heterocycles. The van der Waals surface area contributed by atoms with Gasteiger partial charge >= 0.3 is 5.97 Å². The number of thioether (sulfide) groups is 1. The first-order chi connectivity index (χ1) is 7.50. The highest BCUT2D eigenvalue weighted by atomic mass is 35.5. The molecule has 0 amide bonds. The SMILES string of the molecule is Cc1cc(Cl)ccc1C(=O)CSCC(=O)O. The number of carboxylic acids is 1. The summed E-state index contributed by atoms with van der Waals surface area (Å²) < 4.78 is 0. The largest absolute Gasteiger partial charge is 0.481 e. The van der Waals surface area contributed by atoms with Crippen LogP contribution >= 0.6 is 23.4 Å². The van der Waals surface area contributed by atoms with E-state index in [1.165, 1.54) is 0 Å². The number of hydrogen-bond donors (Lipinski definition) is 1. The lowest BCUT2D eigenvalue weighted by molar-refractivity contribution is -0.133. The van der Waals surface area contributed by atoms with E-state index in [9.17, 15) is 9.59 Å². The number of Topliss-reactive ketones (excluding diaryl/α,β-unsaturated/α-hetero) is 1. The van der Waals surface area contributed by atoms with Crippen LogP contribution in [0.2, 0.25) is 5.02 Å². The van der Waals surface area contributed by atoms with Crippen LogP contribution in [0.4, 0.5) is 0 Å². The van der Waals surface area contributed by atoms with Crippen LogP contribution in [0.25, 0.3) is 0 Å². The summed E-state index contributed by atoms with van der Waals surface area (Å²) in [6.45, 7) is 1.81. The van der Waals surface area contributed by atoms with E-state index < -0.39 is 5.97 Å². The molecule has 16 heavy (non-hydrogen) atoms. The lowest BCUT2D eigenvalue weighted by Crippen LogP contribution is -2.07. The molecular weight excluding hydrogens is 248 g/mol. The second-order valence-electron chi connectivity index (χ2n) is 3.27. The van der Waals surface area contributed by atoms with Gasteiger partial charge in [0.25, 0.3) is 0 Å². The van der Waals surface area contributed by atoms with Gasteiger partial charge in [0.05, 0.1) is 11.5 Å². The Labute approximate surface area is 103 Å². The molecular formula is C11H11ClO3S. The Hall–Kier alpha value is -1.00. The van der Waals surface area contributed by atoms with Crippen molar-refractivity contribution in [1.29, 1.82) is 0 Å². The minimum absolute atomic E-state index is 0.0572. The molecule has 3 nitrogen and oxygen atoms in total. The first-order valence-corrected chi connectivity index (χ1v) is 6.13. The number of ketones is 1. The Bertz CT molecular complexity index is 418. The highest BCUT2D eigenvalue weighted by molar-refractivity contribution is 8.00. The smallest absolute Gasteiger partial charge is 0.313 e. The van der Waals surface area contributed by atoms with E-state index in [1.54, 1.807) is 25.1 Å². The van der Waals surface area contributed by atoms with Crippen molar-refractivity contribution < 1.29 is 14.7 Å². The summed E-state index contributed by atoms with van der Waals surface area (Å²) >= 11 is 6.87. The van der Waals surface area contributed by atoms with Gasteiger partial charge in [-0.15, -0.1) is 11.8 Å². The molecule has 1 aromatic rings. The van der Waals surface area contributed by atoms with E-state index in [0.29, 0.717) is 10.6 Å². The van der Waals surface area contributed by atoms with E-state index in [0.717, 1.165) is 17.3 Å². The zero-order chi connectivity index (χ0) is 12.1. The fraction of sp³-hybridized carbons (Fsp3) is 0.273. The predicted octanol–water partition coefficient (Wildman–Crippen LogP) is 2.65. The van der Waals surface area contributed by atoms with Crippen molar-refractivity contribution >= 4 is 35.1 Å². The summed E-state index contributed by atoms with van der Waals surface area (Å²) in [6, 6.07) is 5.04. The Balaban J connectivity index is 2.63. The van der Waals surface area contributed by atoms with Crippen LogP contribution in [0, 0.1) is 6.92 Å². The normalized spacial score (nSPS) is 10.1. The van der Waals surface area contributed by atoms with Crippen molar-refractivity contribution in [1.82, 2.24) is 0 Å². The van der Waals surface area contributed by atoms with Gasteiger partial charge in [-0.3, -0.25) is 9.59 Å². The number of rotatable bonds is 5. The van der Waals surface area contributed by atoms with Crippen LogP contribution in [-0.2, 0) is 4.79 Å². The number of benzene rings is 1. The van der Waals surface area contributed by atoms with Crippen LogP contribution in [0.15, 0.2) is 18.2 Å². The van der Waals surface area contributed by atoms with Crippen molar-refractivity contribution in [3.63, 3.8) is 0 Å². The number of aliphatic carboxylic acids is 1. The molecule has 86 valence electrons. The van der Waals surface area contributed by atoms with E-state index in [-0.39, 0.29) is 17.3 Å². The third-order valence-corrected chi connectivity index (χ3v) is 3.10. The van der Waals surface area contributed by atoms with Crippen molar-refractivity contribution in [3.8, 4) is 0 Å². The maximum atomic E-state index is 11.7. The van der Waals surface area contributed by atoms with Gasteiger partial charge in [-0.1, -0.05) is 11.6 Å². The summed E-state index contributed by atoms with van der Waals surface area (Å²) in [5.41, 5.74) is 1.41. The average molecular weight is 259 g/mol. The van der Waals surface area contributed by atoms with Crippen LogP contribution < -0.4 is 0 Å². The first kappa shape index (κ1) is 13.1. The fourth-order valence-electron chi connectivity index (χ4n) is 1.25. The number of halogens is 1. The van der Waals surface area contributed by atoms with Crippen LogP contribution in [-0.4, -0.2) is 28.4 Å². The molecule has 0 fully saturated rings.